The SMILES string of the molecule is O=S(=O)(C1COc2c(sc3ccccc23)C1=C1C=CC=C1)C(F)(F)F. The molecule has 2 aromatic rings. The smallest absolute Gasteiger partial charge is 0.490 e. The van der Waals surface area contributed by atoms with Crippen LogP contribution in [0.25, 0.3) is 15.7 Å². The average Bonchev–Trinajstić information content (AvgIpc) is 3.20. The van der Waals surface area contributed by atoms with E-state index in [9.17, 15) is 21.6 Å². The Balaban J connectivity index is 2.00. The van der Waals surface area contributed by atoms with Crippen molar-refractivity contribution in [3.63, 3.8) is 0 Å². The lowest BCUT2D eigenvalue weighted by atomic mass is 10.0. The van der Waals surface area contributed by atoms with Gasteiger partial charge in [0, 0.05) is 15.7 Å². The molecule has 0 fully saturated rings. The molecule has 8 heteroatoms. The van der Waals surface area contributed by atoms with E-state index < -0.39 is 27.2 Å². The van der Waals surface area contributed by atoms with Crippen molar-refractivity contribution in [2.75, 3.05) is 6.61 Å². The molecule has 0 N–H and O–H groups in total. The molecule has 0 saturated heterocycles. The number of rotatable bonds is 1. The van der Waals surface area contributed by atoms with E-state index >= 15 is 0 Å². The van der Waals surface area contributed by atoms with Gasteiger partial charge >= 0.3 is 5.51 Å². The molecule has 0 bridgehead atoms. The first-order chi connectivity index (χ1) is 11.8. The number of allylic oxidation sites excluding steroid dienone is 5. The predicted octanol–water partition coefficient (Wildman–Crippen LogP) is 4.48. The monoisotopic (exact) mass is 384 g/mol. The summed E-state index contributed by atoms with van der Waals surface area (Å²) in [6, 6.07) is 7.26. The van der Waals surface area contributed by atoms with Gasteiger partial charge in [0.25, 0.3) is 9.84 Å². The normalized spacial score (nSPS) is 20.2. The summed E-state index contributed by atoms with van der Waals surface area (Å²) in [6.07, 6.45) is 6.57. The van der Waals surface area contributed by atoms with Crippen molar-refractivity contribution < 1.29 is 26.3 Å². The van der Waals surface area contributed by atoms with Gasteiger partial charge in [-0.15, -0.1) is 11.3 Å². The van der Waals surface area contributed by atoms with Gasteiger partial charge in [-0.2, -0.15) is 13.2 Å². The minimum absolute atomic E-state index is 0.157. The van der Waals surface area contributed by atoms with Crippen LogP contribution in [0.15, 0.2) is 54.1 Å². The van der Waals surface area contributed by atoms with Crippen LogP contribution in [0.2, 0.25) is 0 Å². The van der Waals surface area contributed by atoms with Crippen molar-refractivity contribution in [2.45, 2.75) is 10.8 Å². The molecule has 0 saturated carbocycles. The van der Waals surface area contributed by atoms with Crippen LogP contribution in [-0.2, 0) is 9.84 Å². The third kappa shape index (κ3) is 2.43. The van der Waals surface area contributed by atoms with E-state index in [-0.39, 0.29) is 5.57 Å². The van der Waals surface area contributed by atoms with Crippen molar-refractivity contribution in [3.8, 4) is 5.75 Å². The number of hydrogen-bond acceptors (Lipinski definition) is 4. The summed E-state index contributed by atoms with van der Waals surface area (Å²) in [4.78, 5) is 0.441. The van der Waals surface area contributed by atoms with E-state index in [1.54, 1.807) is 30.4 Å². The Bertz CT molecular complexity index is 1040. The van der Waals surface area contributed by atoms with Crippen molar-refractivity contribution in [1.82, 2.24) is 0 Å². The highest BCUT2D eigenvalue weighted by Crippen LogP contribution is 2.49. The fourth-order valence-electron chi connectivity index (χ4n) is 3.01. The number of fused-ring (bicyclic) bond motifs is 3. The molecule has 4 rings (SSSR count). The number of ether oxygens (including phenoxy) is 1. The van der Waals surface area contributed by atoms with Crippen molar-refractivity contribution in [2.24, 2.45) is 0 Å². The molecule has 130 valence electrons. The van der Waals surface area contributed by atoms with Gasteiger partial charge in [0.15, 0.2) is 0 Å². The van der Waals surface area contributed by atoms with Crippen LogP contribution in [-0.4, -0.2) is 25.8 Å². The lowest BCUT2D eigenvalue weighted by molar-refractivity contribution is -0.0444. The van der Waals surface area contributed by atoms with E-state index in [0.29, 0.717) is 16.2 Å². The predicted molar refractivity (Wildman–Crippen MR) is 91.3 cm³/mol. The van der Waals surface area contributed by atoms with E-state index in [1.807, 2.05) is 18.2 Å². The summed E-state index contributed by atoms with van der Waals surface area (Å²) < 4.78 is 70.1. The summed E-state index contributed by atoms with van der Waals surface area (Å²) in [6.45, 7) is -0.559. The van der Waals surface area contributed by atoms with Gasteiger partial charge in [-0.1, -0.05) is 36.4 Å². The van der Waals surface area contributed by atoms with Gasteiger partial charge in [-0.3, -0.25) is 0 Å². The van der Waals surface area contributed by atoms with Gasteiger partial charge in [0.05, 0.1) is 4.88 Å². The van der Waals surface area contributed by atoms with Crippen molar-refractivity contribution in [3.05, 3.63) is 59.0 Å². The van der Waals surface area contributed by atoms with Crippen LogP contribution in [0.5, 0.6) is 5.75 Å². The summed E-state index contributed by atoms with van der Waals surface area (Å²) >= 11 is 1.24. The topological polar surface area (TPSA) is 43.4 Å². The fraction of sp³-hybridized carbons (Fsp3) is 0.176. The van der Waals surface area contributed by atoms with Gasteiger partial charge in [-0.25, -0.2) is 8.42 Å². The van der Waals surface area contributed by atoms with E-state index in [2.05, 4.69) is 0 Å². The number of thiophene rings is 1. The molecular formula is C17H11F3O3S2. The van der Waals surface area contributed by atoms with Gasteiger partial charge in [0.1, 0.15) is 17.6 Å². The molecule has 1 atom stereocenters. The zero-order valence-corrected chi connectivity index (χ0v) is 14.2. The van der Waals surface area contributed by atoms with Gasteiger partial charge < -0.3 is 4.74 Å². The van der Waals surface area contributed by atoms with Crippen molar-refractivity contribution in [1.29, 1.82) is 0 Å². The first-order valence-corrected chi connectivity index (χ1v) is 9.71. The average molecular weight is 384 g/mol. The largest absolute Gasteiger partial charge is 0.498 e. The highest BCUT2D eigenvalue weighted by molar-refractivity contribution is 7.93. The lowest BCUT2D eigenvalue weighted by Crippen LogP contribution is -2.40. The Kier molecular flexibility index (Phi) is 3.59. The Morgan fingerprint density at radius 2 is 1.80 bits per heavy atom. The Morgan fingerprint density at radius 3 is 2.48 bits per heavy atom. The second-order valence-electron chi connectivity index (χ2n) is 5.63. The molecule has 0 amide bonds. The number of hydrogen-bond donors (Lipinski definition) is 0. The maximum absolute atomic E-state index is 13.2. The molecule has 1 aromatic carbocycles. The molecular weight excluding hydrogens is 373 g/mol. The highest BCUT2D eigenvalue weighted by atomic mass is 32.2. The first kappa shape index (κ1) is 16.4. The summed E-state index contributed by atoms with van der Waals surface area (Å²) in [5, 5.41) is -1.01. The van der Waals surface area contributed by atoms with Gasteiger partial charge in [-0.05, 0) is 17.7 Å². The summed E-state index contributed by atoms with van der Waals surface area (Å²) in [5.41, 5.74) is -4.72. The van der Waals surface area contributed by atoms with E-state index in [1.165, 1.54) is 11.3 Å². The molecule has 1 aliphatic carbocycles. The lowest BCUT2D eigenvalue weighted by Gasteiger charge is -2.28. The zero-order valence-electron chi connectivity index (χ0n) is 12.6. The quantitative estimate of drug-likeness (QED) is 0.728. The van der Waals surface area contributed by atoms with Crippen LogP contribution in [0, 0.1) is 0 Å². The zero-order chi connectivity index (χ0) is 17.8. The standard InChI is InChI=1S/C17H11F3O3S2/c18-17(19,20)25(21,22)13-9-23-15-11-7-3-4-8-12(11)24-16(15)14(13)10-5-1-2-6-10/h1-8,13H,9H2. The first-order valence-electron chi connectivity index (χ1n) is 7.34. The molecule has 2 aliphatic rings. The minimum atomic E-state index is -5.41. The summed E-state index contributed by atoms with van der Waals surface area (Å²) in [7, 11) is -5.41. The summed E-state index contributed by atoms with van der Waals surface area (Å²) in [5.74, 6) is 0.449. The highest BCUT2D eigenvalue weighted by Gasteiger charge is 2.54. The third-order valence-corrected chi connectivity index (χ3v) is 7.12. The Labute approximate surface area is 145 Å². The number of benzene rings is 1. The molecule has 1 aromatic heterocycles. The minimum Gasteiger partial charge on any atom is -0.490 e. The Morgan fingerprint density at radius 1 is 1.12 bits per heavy atom. The number of halogens is 3. The van der Waals surface area contributed by atoms with Crippen LogP contribution in [0.4, 0.5) is 13.2 Å². The molecule has 25 heavy (non-hydrogen) atoms. The molecule has 1 unspecified atom stereocenters. The maximum Gasteiger partial charge on any atom is 0.498 e. The van der Waals surface area contributed by atoms with Crippen LogP contribution >= 0.6 is 11.3 Å². The maximum atomic E-state index is 13.2. The molecule has 1 aliphatic heterocycles. The second kappa shape index (κ2) is 5.47. The molecule has 2 heterocycles. The number of alkyl halides is 3. The molecule has 3 nitrogen and oxygen atoms in total. The van der Waals surface area contributed by atoms with E-state index in [0.717, 1.165) is 10.1 Å². The molecule has 0 radical (unpaired) electrons. The molecule has 0 spiro atoms. The van der Waals surface area contributed by atoms with Crippen molar-refractivity contribution >= 4 is 36.8 Å². The third-order valence-electron chi connectivity index (χ3n) is 4.17. The van der Waals surface area contributed by atoms with Crippen LogP contribution < -0.4 is 4.74 Å². The van der Waals surface area contributed by atoms with Crippen LogP contribution in [0.1, 0.15) is 4.88 Å². The van der Waals surface area contributed by atoms with Gasteiger partial charge in [0.2, 0.25) is 0 Å². The Hall–Kier alpha value is -2.06. The fourth-order valence-corrected chi connectivity index (χ4v) is 5.49. The van der Waals surface area contributed by atoms with E-state index in [4.69, 9.17) is 4.74 Å². The number of sulfone groups is 1. The second-order valence-corrected chi connectivity index (χ2v) is 8.81. The van der Waals surface area contributed by atoms with Crippen LogP contribution in [0.3, 0.4) is 0 Å².